The maximum atomic E-state index is 10.5. The molecule has 9 heteroatoms. The predicted octanol–water partition coefficient (Wildman–Crippen LogP) is 1.34. The summed E-state index contributed by atoms with van der Waals surface area (Å²) in [5.74, 6) is -0.171. The number of rotatable bonds is 7. The highest BCUT2D eigenvalue weighted by molar-refractivity contribution is 9.09. The first-order valence-corrected chi connectivity index (χ1v) is 6.50. The fourth-order valence-electron chi connectivity index (χ4n) is 0.997. The Morgan fingerprint density at radius 2 is 2.56 bits per heavy atom. The van der Waals surface area contributed by atoms with Gasteiger partial charge in [0, 0.05) is 11.9 Å². The number of nitrogens with zero attached hydrogens (tertiary/aromatic N) is 3. The van der Waals surface area contributed by atoms with Gasteiger partial charge in [-0.1, -0.05) is 20.9 Å². The highest BCUT2D eigenvalue weighted by Crippen LogP contribution is 2.15. The first-order chi connectivity index (χ1) is 7.66. The van der Waals surface area contributed by atoms with Gasteiger partial charge in [-0.15, -0.1) is 0 Å². The van der Waals surface area contributed by atoms with Crippen LogP contribution in [0.1, 0.15) is 5.69 Å². The van der Waals surface area contributed by atoms with Crippen LogP contribution in [0.4, 0.5) is 5.95 Å². The minimum atomic E-state index is -0.519. The normalized spacial score (nSPS) is 11.4. The van der Waals surface area contributed by atoms with Crippen molar-refractivity contribution in [1.82, 2.24) is 14.6 Å². The number of halogens is 1. The molecule has 90 valence electrons. The van der Waals surface area contributed by atoms with Crippen LogP contribution < -0.4 is 5.09 Å². The third-order valence-corrected chi connectivity index (χ3v) is 2.89. The van der Waals surface area contributed by atoms with E-state index in [9.17, 15) is 10.1 Å². The van der Waals surface area contributed by atoms with Gasteiger partial charge in [-0.3, -0.25) is 5.09 Å². The van der Waals surface area contributed by atoms with E-state index in [0.29, 0.717) is 12.3 Å². The fourth-order valence-corrected chi connectivity index (χ4v) is 2.11. The van der Waals surface area contributed by atoms with E-state index >= 15 is 0 Å². The Morgan fingerprint density at radius 3 is 3.12 bits per heavy atom. The Bertz CT molecular complexity index is 359. The monoisotopic (exact) mass is 310 g/mol. The highest BCUT2D eigenvalue weighted by atomic mass is 79.9. The summed E-state index contributed by atoms with van der Waals surface area (Å²) in [6, 6.07) is 0. The first-order valence-electron chi connectivity index (χ1n) is 4.47. The number of aromatic nitrogens is 2. The summed E-state index contributed by atoms with van der Waals surface area (Å²) in [5, 5.41) is 14.4. The van der Waals surface area contributed by atoms with E-state index in [0.717, 1.165) is 11.9 Å². The Labute approximate surface area is 103 Å². The van der Waals surface area contributed by atoms with Crippen molar-refractivity contribution in [3.8, 4) is 0 Å². The summed E-state index contributed by atoms with van der Waals surface area (Å²) in [6.45, 7) is 1.13. The molecule has 0 fully saturated rings. The van der Waals surface area contributed by atoms with E-state index < -0.39 is 4.92 Å². The number of imidazole rings is 1. The molecule has 0 saturated carbocycles. The second-order valence-electron chi connectivity index (χ2n) is 2.87. The van der Waals surface area contributed by atoms with Gasteiger partial charge in [0.15, 0.2) is 0 Å². The zero-order valence-electron chi connectivity index (χ0n) is 8.64. The maximum absolute atomic E-state index is 10.5. The van der Waals surface area contributed by atoms with Crippen LogP contribution in [0.15, 0.2) is 6.20 Å². The standard InChI is InChI=1S/C7H12BrN4O3P/c1-11-6(4-9-7(11)12(13)14)5-15-16-10-3-2-8/h4,10,16H,2-3,5H2,1H3. The Balaban J connectivity index is 2.40. The zero-order chi connectivity index (χ0) is 12.0. The number of alkyl halides is 1. The molecular weight excluding hydrogens is 299 g/mol. The van der Waals surface area contributed by atoms with Crippen LogP contribution in [-0.4, -0.2) is 26.3 Å². The molecule has 0 spiro atoms. The van der Waals surface area contributed by atoms with Crippen molar-refractivity contribution in [3.63, 3.8) is 0 Å². The molecule has 0 radical (unpaired) electrons. The topological polar surface area (TPSA) is 82.2 Å². The molecule has 0 aliphatic rings. The molecule has 0 aromatic carbocycles. The molecule has 7 nitrogen and oxygen atoms in total. The van der Waals surface area contributed by atoms with E-state index in [1.54, 1.807) is 7.05 Å². The molecule has 1 heterocycles. The van der Waals surface area contributed by atoms with Gasteiger partial charge in [0.25, 0.3) is 0 Å². The molecule has 0 bridgehead atoms. The summed E-state index contributed by atoms with van der Waals surface area (Å²) in [4.78, 5) is 13.7. The average molecular weight is 311 g/mol. The fraction of sp³-hybridized carbons (Fsp3) is 0.571. The maximum Gasteiger partial charge on any atom is 0.434 e. The highest BCUT2D eigenvalue weighted by Gasteiger charge is 2.16. The minimum absolute atomic E-state index is 0.171. The van der Waals surface area contributed by atoms with Gasteiger partial charge in [0.2, 0.25) is 0 Å². The number of nitro groups is 1. The smallest absolute Gasteiger partial charge is 0.390 e. The predicted molar refractivity (Wildman–Crippen MR) is 64.8 cm³/mol. The van der Waals surface area contributed by atoms with Crippen LogP contribution in [0.5, 0.6) is 0 Å². The van der Waals surface area contributed by atoms with E-state index in [2.05, 4.69) is 26.0 Å². The van der Waals surface area contributed by atoms with E-state index in [4.69, 9.17) is 4.52 Å². The molecule has 1 atom stereocenters. The molecule has 0 saturated heterocycles. The molecule has 0 aliphatic carbocycles. The lowest BCUT2D eigenvalue weighted by molar-refractivity contribution is -0.396. The van der Waals surface area contributed by atoms with Crippen molar-refractivity contribution in [2.45, 2.75) is 6.61 Å². The van der Waals surface area contributed by atoms with Gasteiger partial charge >= 0.3 is 5.95 Å². The Kier molecular flexibility index (Phi) is 5.83. The van der Waals surface area contributed by atoms with Gasteiger partial charge in [0.1, 0.15) is 18.5 Å². The van der Waals surface area contributed by atoms with Gasteiger partial charge in [0.05, 0.1) is 16.0 Å². The molecule has 1 N–H and O–H groups in total. The number of hydrogen-bond donors (Lipinski definition) is 1. The summed E-state index contributed by atoms with van der Waals surface area (Å²) >= 11 is 3.27. The van der Waals surface area contributed by atoms with Crippen LogP contribution in [0.2, 0.25) is 0 Å². The molecule has 0 aliphatic heterocycles. The van der Waals surface area contributed by atoms with Gasteiger partial charge in [-0.05, 0) is 4.92 Å². The molecule has 1 aromatic rings. The quantitative estimate of drug-likeness (QED) is 0.270. The molecule has 1 aromatic heterocycles. The van der Waals surface area contributed by atoms with Crippen LogP contribution in [-0.2, 0) is 18.2 Å². The van der Waals surface area contributed by atoms with Gasteiger partial charge in [-0.2, -0.15) is 0 Å². The summed E-state index contributed by atoms with van der Waals surface area (Å²) < 4.78 is 6.72. The third kappa shape index (κ3) is 3.79. The first kappa shape index (κ1) is 13.5. The number of nitrogens with one attached hydrogen (secondary N) is 1. The molecular formula is C7H12BrN4O3P. The van der Waals surface area contributed by atoms with Crippen molar-refractivity contribution < 1.29 is 9.45 Å². The molecule has 1 rings (SSSR count). The number of hydrogen-bond acceptors (Lipinski definition) is 5. The second-order valence-corrected chi connectivity index (χ2v) is 4.51. The van der Waals surface area contributed by atoms with Crippen LogP contribution in [0, 0.1) is 10.1 Å². The zero-order valence-corrected chi connectivity index (χ0v) is 11.2. The van der Waals surface area contributed by atoms with Crippen molar-refractivity contribution in [1.29, 1.82) is 0 Å². The molecule has 16 heavy (non-hydrogen) atoms. The second kappa shape index (κ2) is 6.90. The lowest BCUT2D eigenvalue weighted by Crippen LogP contribution is -2.06. The SMILES string of the molecule is Cn1c(COPNCCBr)cnc1[N+](=O)[O-]. The van der Waals surface area contributed by atoms with Crippen molar-refractivity contribution in [2.75, 3.05) is 11.9 Å². The Hall–Kier alpha value is -0.560. The summed E-state index contributed by atoms with van der Waals surface area (Å²) in [5.41, 5.74) is 0.680. The van der Waals surface area contributed by atoms with Gasteiger partial charge in [-0.25, -0.2) is 4.57 Å². The van der Waals surface area contributed by atoms with E-state index in [1.807, 2.05) is 0 Å². The van der Waals surface area contributed by atoms with E-state index in [-0.39, 0.29) is 14.9 Å². The largest absolute Gasteiger partial charge is 0.434 e. The lowest BCUT2D eigenvalue weighted by Gasteiger charge is -2.03. The van der Waals surface area contributed by atoms with Crippen LogP contribution in [0.25, 0.3) is 0 Å². The Morgan fingerprint density at radius 1 is 1.81 bits per heavy atom. The molecule has 1 unspecified atom stereocenters. The van der Waals surface area contributed by atoms with Crippen molar-refractivity contribution >= 4 is 30.8 Å². The van der Waals surface area contributed by atoms with Crippen LogP contribution >= 0.6 is 24.9 Å². The summed E-state index contributed by atoms with van der Waals surface area (Å²) in [6.07, 6.45) is 1.45. The van der Waals surface area contributed by atoms with Gasteiger partial charge < -0.3 is 14.6 Å². The van der Waals surface area contributed by atoms with Crippen LogP contribution in [0.3, 0.4) is 0 Å². The summed E-state index contributed by atoms with van der Waals surface area (Å²) in [7, 11) is 1.77. The minimum Gasteiger partial charge on any atom is -0.390 e. The van der Waals surface area contributed by atoms with Crippen molar-refractivity contribution in [3.05, 3.63) is 22.0 Å². The molecule has 0 amide bonds. The lowest BCUT2D eigenvalue weighted by atomic mass is 10.5. The van der Waals surface area contributed by atoms with E-state index in [1.165, 1.54) is 10.8 Å². The third-order valence-electron chi connectivity index (χ3n) is 1.81. The van der Waals surface area contributed by atoms with Crippen molar-refractivity contribution in [2.24, 2.45) is 7.05 Å². The average Bonchev–Trinajstić information content (AvgIpc) is 2.60.